The highest BCUT2D eigenvalue weighted by Crippen LogP contribution is 2.34. The first-order valence-corrected chi connectivity index (χ1v) is 4.91. The number of anilines is 1. The second-order valence-electron chi connectivity index (χ2n) is 3.61. The lowest BCUT2D eigenvalue weighted by atomic mass is 10.1. The highest BCUT2D eigenvalue weighted by atomic mass is 16.3. The molecule has 76 valence electrons. The molecule has 1 aromatic heterocycles. The van der Waals surface area contributed by atoms with Crippen LogP contribution in [0.3, 0.4) is 0 Å². The van der Waals surface area contributed by atoms with E-state index >= 15 is 0 Å². The highest BCUT2D eigenvalue weighted by molar-refractivity contribution is 6.11. The second-order valence-corrected chi connectivity index (χ2v) is 3.61. The molecule has 0 saturated heterocycles. The molecule has 3 aromatic rings. The fourth-order valence-corrected chi connectivity index (χ4v) is 1.94. The van der Waals surface area contributed by atoms with Crippen LogP contribution < -0.4 is 5.73 Å². The molecule has 0 unspecified atom stereocenters. The molecular weight excluding hydrogens is 200 g/mol. The summed E-state index contributed by atoms with van der Waals surface area (Å²) in [6.07, 6.45) is 0. The van der Waals surface area contributed by atoms with E-state index in [2.05, 4.69) is 6.07 Å². The van der Waals surface area contributed by atoms with Gasteiger partial charge >= 0.3 is 0 Å². The number of hydrogen-bond acceptors (Lipinski definition) is 3. The molecule has 0 radical (unpaired) electrons. The first kappa shape index (κ1) is 8.81. The Morgan fingerprint density at radius 3 is 2.69 bits per heavy atom. The van der Waals surface area contributed by atoms with Crippen LogP contribution in [-0.4, -0.2) is 0 Å². The third-order valence-corrected chi connectivity index (χ3v) is 2.70. The summed E-state index contributed by atoms with van der Waals surface area (Å²) >= 11 is 0. The molecule has 3 nitrogen and oxygen atoms in total. The van der Waals surface area contributed by atoms with Crippen molar-refractivity contribution in [3.63, 3.8) is 0 Å². The summed E-state index contributed by atoms with van der Waals surface area (Å²) in [5.41, 5.74) is 8.44. The minimum atomic E-state index is 0.485. The van der Waals surface area contributed by atoms with E-state index in [1.807, 2.05) is 24.3 Å². The Bertz CT molecular complexity index is 735. The Kier molecular flexibility index (Phi) is 1.66. The Labute approximate surface area is 91.7 Å². The monoisotopic (exact) mass is 208 g/mol. The molecule has 0 aliphatic rings. The first-order valence-electron chi connectivity index (χ1n) is 4.91. The minimum Gasteiger partial charge on any atom is -0.456 e. The number of furan rings is 1. The SMILES string of the molecule is N#Cc1ccc2oc3ccccc3c2c1N. The van der Waals surface area contributed by atoms with Gasteiger partial charge in [0, 0.05) is 5.39 Å². The van der Waals surface area contributed by atoms with Crippen molar-refractivity contribution in [2.24, 2.45) is 0 Å². The van der Waals surface area contributed by atoms with Gasteiger partial charge in [-0.3, -0.25) is 0 Å². The molecule has 0 amide bonds. The molecule has 2 aromatic carbocycles. The summed E-state index contributed by atoms with van der Waals surface area (Å²) in [6, 6.07) is 13.2. The predicted octanol–water partition coefficient (Wildman–Crippen LogP) is 3.04. The van der Waals surface area contributed by atoms with E-state index in [9.17, 15) is 0 Å². The van der Waals surface area contributed by atoms with Crippen molar-refractivity contribution in [1.29, 1.82) is 5.26 Å². The van der Waals surface area contributed by atoms with Gasteiger partial charge in [0.05, 0.1) is 16.6 Å². The highest BCUT2D eigenvalue weighted by Gasteiger charge is 2.11. The van der Waals surface area contributed by atoms with Gasteiger partial charge in [0.25, 0.3) is 0 Å². The fourth-order valence-electron chi connectivity index (χ4n) is 1.94. The van der Waals surface area contributed by atoms with E-state index in [0.29, 0.717) is 11.3 Å². The quantitative estimate of drug-likeness (QED) is 0.577. The summed E-state index contributed by atoms with van der Waals surface area (Å²) in [4.78, 5) is 0. The van der Waals surface area contributed by atoms with Gasteiger partial charge in [-0.05, 0) is 18.2 Å². The average molecular weight is 208 g/mol. The molecule has 2 N–H and O–H groups in total. The van der Waals surface area contributed by atoms with Crippen LogP contribution in [0.2, 0.25) is 0 Å². The van der Waals surface area contributed by atoms with E-state index in [1.54, 1.807) is 12.1 Å². The number of nitrogens with two attached hydrogens (primary N) is 1. The number of nitriles is 1. The van der Waals surface area contributed by atoms with E-state index in [-0.39, 0.29) is 0 Å². The second kappa shape index (κ2) is 3.01. The maximum atomic E-state index is 8.93. The van der Waals surface area contributed by atoms with Crippen molar-refractivity contribution in [2.75, 3.05) is 5.73 Å². The molecule has 0 saturated carbocycles. The lowest BCUT2D eigenvalue weighted by Crippen LogP contribution is -1.90. The number of para-hydroxylation sites is 1. The van der Waals surface area contributed by atoms with Crippen LogP contribution in [0, 0.1) is 11.3 Å². The molecule has 0 spiro atoms. The molecule has 3 heteroatoms. The zero-order valence-electron chi connectivity index (χ0n) is 8.40. The maximum absolute atomic E-state index is 8.93. The Morgan fingerprint density at radius 1 is 1.06 bits per heavy atom. The Hall–Kier alpha value is -2.47. The number of nitrogen functional groups attached to an aromatic ring is 1. The molecule has 0 fully saturated rings. The fraction of sp³-hybridized carbons (Fsp3) is 0. The number of hydrogen-bond donors (Lipinski definition) is 1. The zero-order valence-corrected chi connectivity index (χ0v) is 8.40. The van der Waals surface area contributed by atoms with Gasteiger partial charge in [-0.2, -0.15) is 5.26 Å². The van der Waals surface area contributed by atoms with Crippen LogP contribution in [0.15, 0.2) is 40.8 Å². The molecule has 1 heterocycles. The smallest absolute Gasteiger partial charge is 0.137 e. The van der Waals surface area contributed by atoms with E-state index in [4.69, 9.17) is 15.4 Å². The molecule has 16 heavy (non-hydrogen) atoms. The van der Waals surface area contributed by atoms with Gasteiger partial charge in [-0.25, -0.2) is 0 Å². The average Bonchev–Trinajstić information content (AvgIpc) is 2.68. The van der Waals surface area contributed by atoms with Crippen molar-refractivity contribution in [3.05, 3.63) is 42.0 Å². The van der Waals surface area contributed by atoms with Gasteiger partial charge in [-0.1, -0.05) is 18.2 Å². The minimum absolute atomic E-state index is 0.485. The Morgan fingerprint density at radius 2 is 1.88 bits per heavy atom. The molecule has 0 aliphatic heterocycles. The summed E-state index contributed by atoms with van der Waals surface area (Å²) in [5, 5.41) is 10.7. The lowest BCUT2D eigenvalue weighted by Gasteiger charge is -1.97. The number of benzene rings is 2. The third kappa shape index (κ3) is 1.01. The lowest BCUT2D eigenvalue weighted by molar-refractivity contribution is 0.669. The summed E-state index contributed by atoms with van der Waals surface area (Å²) in [6.45, 7) is 0. The van der Waals surface area contributed by atoms with Crippen molar-refractivity contribution in [1.82, 2.24) is 0 Å². The van der Waals surface area contributed by atoms with Crippen LogP contribution >= 0.6 is 0 Å². The Balaban J connectivity index is 2.59. The van der Waals surface area contributed by atoms with Gasteiger partial charge in [-0.15, -0.1) is 0 Å². The van der Waals surface area contributed by atoms with Crippen LogP contribution in [-0.2, 0) is 0 Å². The van der Waals surface area contributed by atoms with Crippen LogP contribution in [0.4, 0.5) is 5.69 Å². The summed E-state index contributed by atoms with van der Waals surface area (Å²) in [7, 11) is 0. The first-order chi connectivity index (χ1) is 7.81. The largest absolute Gasteiger partial charge is 0.456 e. The normalized spacial score (nSPS) is 10.7. The predicted molar refractivity (Wildman–Crippen MR) is 62.8 cm³/mol. The van der Waals surface area contributed by atoms with E-state index in [1.165, 1.54) is 0 Å². The van der Waals surface area contributed by atoms with E-state index in [0.717, 1.165) is 21.9 Å². The maximum Gasteiger partial charge on any atom is 0.137 e. The van der Waals surface area contributed by atoms with Gasteiger partial charge in [0.15, 0.2) is 0 Å². The summed E-state index contributed by atoms with van der Waals surface area (Å²) in [5.74, 6) is 0. The topological polar surface area (TPSA) is 63.0 Å². The van der Waals surface area contributed by atoms with Crippen molar-refractivity contribution in [3.8, 4) is 6.07 Å². The van der Waals surface area contributed by atoms with Crippen LogP contribution in [0.25, 0.3) is 21.9 Å². The number of nitrogens with zero attached hydrogens (tertiary/aromatic N) is 1. The van der Waals surface area contributed by atoms with Crippen molar-refractivity contribution >= 4 is 27.6 Å². The van der Waals surface area contributed by atoms with Crippen molar-refractivity contribution < 1.29 is 4.42 Å². The third-order valence-electron chi connectivity index (χ3n) is 2.70. The molecule has 3 rings (SSSR count). The zero-order chi connectivity index (χ0) is 11.1. The van der Waals surface area contributed by atoms with Crippen molar-refractivity contribution in [2.45, 2.75) is 0 Å². The van der Waals surface area contributed by atoms with Gasteiger partial charge < -0.3 is 10.2 Å². The van der Waals surface area contributed by atoms with Crippen LogP contribution in [0.5, 0.6) is 0 Å². The van der Waals surface area contributed by atoms with Gasteiger partial charge in [0.2, 0.25) is 0 Å². The molecule has 0 atom stereocenters. The number of fused-ring (bicyclic) bond motifs is 3. The molecule has 0 bridgehead atoms. The van der Waals surface area contributed by atoms with E-state index < -0.39 is 0 Å². The molecule has 0 aliphatic carbocycles. The van der Waals surface area contributed by atoms with Crippen LogP contribution in [0.1, 0.15) is 5.56 Å². The molecular formula is C13H8N2O. The summed E-state index contributed by atoms with van der Waals surface area (Å²) < 4.78 is 5.64. The van der Waals surface area contributed by atoms with Gasteiger partial charge in [0.1, 0.15) is 17.2 Å². The number of rotatable bonds is 0. The standard InChI is InChI=1S/C13H8N2O/c14-7-8-5-6-11-12(13(8)15)9-3-1-2-4-10(9)16-11/h1-6H,15H2.